The lowest BCUT2D eigenvalue weighted by Gasteiger charge is -2.13. The maximum Gasteiger partial charge on any atom is 0.418 e. The van der Waals surface area contributed by atoms with Crippen molar-refractivity contribution in [1.29, 1.82) is 0 Å². The molecule has 0 bridgehead atoms. The second-order valence-electron chi connectivity index (χ2n) is 5.96. The summed E-state index contributed by atoms with van der Waals surface area (Å²) in [6.45, 7) is 0. The predicted molar refractivity (Wildman–Crippen MR) is 107 cm³/mol. The van der Waals surface area contributed by atoms with E-state index in [9.17, 15) is 22.8 Å². The summed E-state index contributed by atoms with van der Waals surface area (Å²) in [5, 5.41) is 2.27. The molecule has 156 valence electrons. The van der Waals surface area contributed by atoms with Crippen molar-refractivity contribution >= 4 is 23.4 Å². The van der Waals surface area contributed by atoms with Gasteiger partial charge in [-0.05, 0) is 24.3 Å². The van der Waals surface area contributed by atoms with Crippen LogP contribution in [0.15, 0.2) is 70.7 Å². The van der Waals surface area contributed by atoms with Gasteiger partial charge in [0.1, 0.15) is 5.75 Å². The minimum absolute atomic E-state index is 0.0302. The molecule has 0 atom stereocenters. The first-order chi connectivity index (χ1) is 14.3. The highest BCUT2D eigenvalue weighted by molar-refractivity contribution is 7.99. The maximum atomic E-state index is 13.0. The van der Waals surface area contributed by atoms with Gasteiger partial charge in [-0.3, -0.25) is 14.2 Å². The Balaban J connectivity index is 1.76. The van der Waals surface area contributed by atoms with E-state index in [1.165, 1.54) is 42.3 Å². The number of halogens is 3. The van der Waals surface area contributed by atoms with Gasteiger partial charge in [-0.2, -0.15) is 13.2 Å². The molecule has 0 fully saturated rings. The number of para-hydroxylation sites is 3. The quantitative estimate of drug-likeness (QED) is 0.593. The van der Waals surface area contributed by atoms with Crippen LogP contribution in [0.25, 0.3) is 5.69 Å². The molecule has 1 amide bonds. The summed E-state index contributed by atoms with van der Waals surface area (Å²) < 4.78 is 45.7. The number of methoxy groups -OCH3 is 1. The number of aromatic nitrogens is 2. The number of amides is 1. The maximum absolute atomic E-state index is 13.0. The third-order valence-electron chi connectivity index (χ3n) is 4.00. The van der Waals surface area contributed by atoms with Crippen LogP contribution in [0.2, 0.25) is 0 Å². The SMILES string of the molecule is COc1ccccc1-n1ccnc(SCC(=O)Nc2ccccc2C(F)(F)F)c1=O. The van der Waals surface area contributed by atoms with E-state index in [1.807, 2.05) is 0 Å². The molecule has 0 radical (unpaired) electrons. The van der Waals surface area contributed by atoms with Crippen LogP contribution >= 0.6 is 11.8 Å². The lowest BCUT2D eigenvalue weighted by Crippen LogP contribution is -2.23. The number of nitrogens with one attached hydrogen (secondary N) is 1. The number of carbonyl (C=O) groups excluding carboxylic acids is 1. The second kappa shape index (κ2) is 9.04. The van der Waals surface area contributed by atoms with E-state index in [0.29, 0.717) is 11.4 Å². The zero-order valence-electron chi connectivity index (χ0n) is 15.6. The van der Waals surface area contributed by atoms with Crippen LogP contribution in [-0.2, 0) is 11.0 Å². The highest BCUT2D eigenvalue weighted by Crippen LogP contribution is 2.34. The topological polar surface area (TPSA) is 73.2 Å². The Bertz CT molecular complexity index is 1120. The van der Waals surface area contributed by atoms with Crippen molar-refractivity contribution < 1.29 is 22.7 Å². The van der Waals surface area contributed by atoms with Crippen LogP contribution in [0.4, 0.5) is 18.9 Å². The molecule has 6 nitrogen and oxygen atoms in total. The molecule has 2 aromatic carbocycles. The smallest absolute Gasteiger partial charge is 0.418 e. The predicted octanol–water partition coefficient (Wildman–Crippen LogP) is 3.99. The third-order valence-corrected chi connectivity index (χ3v) is 4.96. The normalized spacial score (nSPS) is 11.2. The Hall–Kier alpha value is -3.27. The largest absolute Gasteiger partial charge is 0.495 e. The van der Waals surface area contributed by atoms with Gasteiger partial charge in [-0.1, -0.05) is 36.0 Å². The van der Waals surface area contributed by atoms with Crippen molar-refractivity contribution in [3.8, 4) is 11.4 Å². The van der Waals surface area contributed by atoms with Crippen LogP contribution in [0.3, 0.4) is 0 Å². The lowest BCUT2D eigenvalue weighted by atomic mass is 10.1. The van der Waals surface area contributed by atoms with Gasteiger partial charge < -0.3 is 10.1 Å². The molecule has 0 aliphatic rings. The molecule has 30 heavy (non-hydrogen) atoms. The molecular weight excluding hydrogens is 419 g/mol. The number of hydrogen-bond acceptors (Lipinski definition) is 5. The Labute approximate surface area is 173 Å². The molecule has 1 N–H and O–H groups in total. The first-order valence-electron chi connectivity index (χ1n) is 8.61. The van der Waals surface area contributed by atoms with Crippen LogP contribution in [0.5, 0.6) is 5.75 Å². The fourth-order valence-corrected chi connectivity index (χ4v) is 3.37. The number of anilines is 1. The molecule has 0 aliphatic heterocycles. The van der Waals surface area contributed by atoms with Gasteiger partial charge >= 0.3 is 6.18 Å². The Kier molecular flexibility index (Phi) is 6.46. The standard InChI is InChI=1S/C20H16F3N3O3S/c1-29-16-9-5-4-8-15(16)26-11-10-24-18(19(26)28)30-12-17(27)25-14-7-3-2-6-13(14)20(21,22)23/h2-11H,12H2,1H3,(H,25,27). The number of nitrogens with zero attached hydrogens (tertiary/aromatic N) is 2. The van der Waals surface area contributed by atoms with Crippen LogP contribution in [-0.4, -0.2) is 28.3 Å². The molecule has 10 heteroatoms. The minimum Gasteiger partial charge on any atom is -0.495 e. The lowest BCUT2D eigenvalue weighted by molar-refractivity contribution is -0.137. The van der Waals surface area contributed by atoms with Gasteiger partial charge in [0, 0.05) is 12.4 Å². The zero-order valence-corrected chi connectivity index (χ0v) is 16.5. The van der Waals surface area contributed by atoms with Crippen molar-refractivity contribution in [3.63, 3.8) is 0 Å². The number of rotatable bonds is 6. The van der Waals surface area contributed by atoms with E-state index in [2.05, 4.69) is 10.3 Å². The zero-order chi connectivity index (χ0) is 21.7. The number of ether oxygens (including phenoxy) is 1. The van der Waals surface area contributed by atoms with E-state index in [0.717, 1.165) is 17.8 Å². The average Bonchev–Trinajstić information content (AvgIpc) is 2.72. The molecule has 0 unspecified atom stereocenters. The summed E-state index contributed by atoms with van der Waals surface area (Å²) in [5.41, 5.74) is -1.27. The summed E-state index contributed by atoms with van der Waals surface area (Å²) >= 11 is 0.831. The molecule has 3 rings (SSSR count). The number of thioether (sulfide) groups is 1. The Morgan fingerprint density at radius 3 is 2.60 bits per heavy atom. The van der Waals surface area contributed by atoms with Crippen LogP contribution < -0.4 is 15.6 Å². The van der Waals surface area contributed by atoms with E-state index in [4.69, 9.17) is 4.74 Å². The first-order valence-corrected chi connectivity index (χ1v) is 9.59. The fraction of sp³-hybridized carbons (Fsp3) is 0.150. The summed E-state index contributed by atoms with van der Waals surface area (Å²) in [7, 11) is 1.48. The molecule has 1 heterocycles. The third kappa shape index (κ3) is 4.82. The summed E-state index contributed by atoms with van der Waals surface area (Å²) in [4.78, 5) is 28.9. The second-order valence-corrected chi connectivity index (χ2v) is 6.92. The number of alkyl halides is 3. The van der Waals surface area contributed by atoms with Gasteiger partial charge in [-0.25, -0.2) is 4.98 Å². The van der Waals surface area contributed by atoms with Gasteiger partial charge in [0.05, 0.1) is 29.8 Å². The fourth-order valence-electron chi connectivity index (χ4n) is 2.67. The highest BCUT2D eigenvalue weighted by Gasteiger charge is 2.33. The summed E-state index contributed by atoms with van der Waals surface area (Å²) in [6.07, 6.45) is -1.74. The highest BCUT2D eigenvalue weighted by atomic mass is 32.2. The molecular formula is C20H16F3N3O3S. The Morgan fingerprint density at radius 1 is 1.17 bits per heavy atom. The van der Waals surface area contributed by atoms with Crippen LogP contribution in [0, 0.1) is 0 Å². The molecule has 1 aromatic heterocycles. The molecule has 0 saturated carbocycles. The van der Waals surface area contributed by atoms with E-state index >= 15 is 0 Å². The first kappa shape index (κ1) is 21.4. The number of benzene rings is 2. The van der Waals surface area contributed by atoms with Gasteiger partial charge in [0.2, 0.25) is 5.91 Å². The van der Waals surface area contributed by atoms with E-state index < -0.39 is 23.2 Å². The molecule has 0 saturated heterocycles. The Morgan fingerprint density at radius 2 is 1.87 bits per heavy atom. The van der Waals surface area contributed by atoms with Gasteiger partial charge in [-0.15, -0.1) is 0 Å². The van der Waals surface area contributed by atoms with Gasteiger partial charge in [0.15, 0.2) is 5.03 Å². The van der Waals surface area contributed by atoms with Gasteiger partial charge in [0.25, 0.3) is 5.56 Å². The number of carbonyl (C=O) groups is 1. The van der Waals surface area contributed by atoms with Crippen LogP contribution in [0.1, 0.15) is 5.56 Å². The molecule has 0 aliphatic carbocycles. The van der Waals surface area contributed by atoms with Crippen molar-refractivity contribution in [2.45, 2.75) is 11.2 Å². The van der Waals surface area contributed by atoms with E-state index in [-0.39, 0.29) is 16.5 Å². The minimum atomic E-state index is -4.60. The van der Waals surface area contributed by atoms with Crippen molar-refractivity contribution in [3.05, 3.63) is 76.8 Å². The van der Waals surface area contributed by atoms with Crippen molar-refractivity contribution in [2.75, 3.05) is 18.2 Å². The molecule has 0 spiro atoms. The van der Waals surface area contributed by atoms with Crippen molar-refractivity contribution in [2.24, 2.45) is 0 Å². The number of hydrogen-bond donors (Lipinski definition) is 1. The van der Waals surface area contributed by atoms with E-state index in [1.54, 1.807) is 24.3 Å². The summed E-state index contributed by atoms with van der Waals surface area (Å²) in [6, 6.07) is 11.6. The van der Waals surface area contributed by atoms with Crippen molar-refractivity contribution in [1.82, 2.24) is 9.55 Å². The monoisotopic (exact) mass is 435 g/mol. The summed E-state index contributed by atoms with van der Waals surface area (Å²) in [5.74, 6) is -0.501. The molecule has 3 aromatic rings. The average molecular weight is 435 g/mol.